The fourth-order valence-electron chi connectivity index (χ4n) is 2.73. The molecule has 2 nitrogen and oxygen atoms in total. The maximum atomic E-state index is 9.77. The first-order chi connectivity index (χ1) is 7.53. The lowest BCUT2D eigenvalue weighted by Gasteiger charge is -2.33. The van der Waals surface area contributed by atoms with Gasteiger partial charge < -0.3 is 10.4 Å². The molecule has 1 aliphatic rings. The zero-order valence-electron chi connectivity index (χ0n) is 11.3. The van der Waals surface area contributed by atoms with Crippen LogP contribution in [0.3, 0.4) is 0 Å². The van der Waals surface area contributed by atoms with Crippen LogP contribution in [0.2, 0.25) is 0 Å². The van der Waals surface area contributed by atoms with Gasteiger partial charge in [0.15, 0.2) is 0 Å². The molecule has 0 saturated heterocycles. The zero-order valence-corrected chi connectivity index (χ0v) is 11.3. The van der Waals surface area contributed by atoms with Crippen molar-refractivity contribution >= 4 is 0 Å². The average Bonchev–Trinajstić information content (AvgIpc) is 2.24. The molecule has 96 valence electrons. The van der Waals surface area contributed by atoms with Crippen molar-refractivity contribution in [3.63, 3.8) is 0 Å². The molecule has 1 atom stereocenters. The van der Waals surface area contributed by atoms with Crippen LogP contribution in [0.15, 0.2) is 0 Å². The highest BCUT2D eigenvalue weighted by Gasteiger charge is 2.24. The number of nitrogens with one attached hydrogen (secondary N) is 1. The second kappa shape index (κ2) is 6.61. The maximum Gasteiger partial charge on any atom is 0.0715 e. The predicted octanol–water partition coefficient (Wildman–Crippen LogP) is 3.10. The summed E-state index contributed by atoms with van der Waals surface area (Å²) in [6.07, 6.45) is 9.46. The second-order valence-corrected chi connectivity index (χ2v) is 5.99. The van der Waals surface area contributed by atoms with E-state index in [0.717, 1.165) is 5.92 Å². The van der Waals surface area contributed by atoms with E-state index in [2.05, 4.69) is 12.2 Å². The summed E-state index contributed by atoms with van der Waals surface area (Å²) in [5, 5.41) is 13.4. The van der Waals surface area contributed by atoms with Gasteiger partial charge >= 0.3 is 0 Å². The van der Waals surface area contributed by atoms with Crippen molar-refractivity contribution in [3.05, 3.63) is 0 Å². The fourth-order valence-corrected chi connectivity index (χ4v) is 2.73. The van der Waals surface area contributed by atoms with Gasteiger partial charge in [0, 0.05) is 12.6 Å². The Labute approximate surface area is 101 Å². The lowest BCUT2D eigenvalue weighted by Crippen LogP contribution is -2.44. The standard InChI is InChI=1S/C14H29NO/c1-4-8-13(15-11-14(2,3)16)12-9-6-5-7-10-12/h12-13,15-16H,4-11H2,1-3H3. The van der Waals surface area contributed by atoms with E-state index in [9.17, 15) is 5.11 Å². The van der Waals surface area contributed by atoms with Crippen molar-refractivity contribution in [1.29, 1.82) is 0 Å². The van der Waals surface area contributed by atoms with Crippen LogP contribution >= 0.6 is 0 Å². The summed E-state index contributed by atoms with van der Waals surface area (Å²) >= 11 is 0. The summed E-state index contributed by atoms with van der Waals surface area (Å²) in [5.41, 5.74) is -0.583. The van der Waals surface area contributed by atoms with Crippen molar-refractivity contribution < 1.29 is 5.11 Å². The van der Waals surface area contributed by atoms with Gasteiger partial charge in [-0.3, -0.25) is 0 Å². The molecule has 0 spiro atoms. The molecule has 0 radical (unpaired) electrons. The molecule has 0 aliphatic heterocycles. The molecule has 0 amide bonds. The molecule has 16 heavy (non-hydrogen) atoms. The summed E-state index contributed by atoms with van der Waals surface area (Å²) in [6.45, 7) is 6.73. The van der Waals surface area contributed by atoms with Crippen molar-refractivity contribution in [1.82, 2.24) is 5.32 Å². The van der Waals surface area contributed by atoms with Gasteiger partial charge in [-0.05, 0) is 39.0 Å². The molecule has 1 saturated carbocycles. The fraction of sp³-hybridized carbons (Fsp3) is 1.00. The number of aliphatic hydroxyl groups is 1. The van der Waals surface area contributed by atoms with Gasteiger partial charge in [-0.15, -0.1) is 0 Å². The Morgan fingerprint density at radius 2 is 1.88 bits per heavy atom. The quantitative estimate of drug-likeness (QED) is 0.731. The minimum Gasteiger partial charge on any atom is -0.389 e. The lowest BCUT2D eigenvalue weighted by molar-refractivity contribution is 0.0711. The number of rotatable bonds is 6. The Morgan fingerprint density at radius 3 is 2.38 bits per heavy atom. The van der Waals surface area contributed by atoms with Crippen LogP contribution in [0, 0.1) is 5.92 Å². The highest BCUT2D eigenvalue weighted by molar-refractivity contribution is 4.81. The molecule has 1 unspecified atom stereocenters. The van der Waals surface area contributed by atoms with E-state index in [-0.39, 0.29) is 0 Å². The molecule has 0 aromatic rings. The van der Waals surface area contributed by atoms with Gasteiger partial charge in [0.05, 0.1) is 5.60 Å². The Bertz CT molecular complexity index is 180. The van der Waals surface area contributed by atoms with Crippen molar-refractivity contribution in [2.75, 3.05) is 6.54 Å². The molecular weight excluding hydrogens is 198 g/mol. The summed E-state index contributed by atoms with van der Waals surface area (Å²) in [6, 6.07) is 0.622. The topological polar surface area (TPSA) is 32.3 Å². The SMILES string of the molecule is CCCC(NCC(C)(C)O)C1CCCCC1. The van der Waals surface area contributed by atoms with Crippen molar-refractivity contribution in [2.24, 2.45) is 5.92 Å². The zero-order chi connectivity index (χ0) is 12.0. The van der Waals surface area contributed by atoms with Gasteiger partial charge in [-0.2, -0.15) is 0 Å². The maximum absolute atomic E-state index is 9.77. The summed E-state index contributed by atoms with van der Waals surface area (Å²) in [4.78, 5) is 0. The van der Waals surface area contributed by atoms with E-state index >= 15 is 0 Å². The second-order valence-electron chi connectivity index (χ2n) is 5.99. The van der Waals surface area contributed by atoms with E-state index in [1.807, 2.05) is 13.8 Å². The highest BCUT2D eigenvalue weighted by atomic mass is 16.3. The third-order valence-electron chi connectivity index (χ3n) is 3.62. The summed E-state index contributed by atoms with van der Waals surface area (Å²) < 4.78 is 0. The number of hydrogen-bond donors (Lipinski definition) is 2. The minimum atomic E-state index is -0.583. The predicted molar refractivity (Wildman–Crippen MR) is 69.6 cm³/mol. The van der Waals surface area contributed by atoms with Crippen LogP contribution < -0.4 is 5.32 Å². The number of hydrogen-bond acceptors (Lipinski definition) is 2. The van der Waals surface area contributed by atoms with Gasteiger partial charge in [-0.25, -0.2) is 0 Å². The van der Waals surface area contributed by atoms with Crippen molar-refractivity contribution in [2.45, 2.75) is 77.4 Å². The van der Waals surface area contributed by atoms with E-state index in [1.165, 1.54) is 44.9 Å². The normalized spacial score (nSPS) is 21.0. The van der Waals surface area contributed by atoms with Crippen LogP contribution in [0.25, 0.3) is 0 Å². The van der Waals surface area contributed by atoms with Crippen LogP contribution in [0.4, 0.5) is 0 Å². The largest absolute Gasteiger partial charge is 0.389 e. The Kier molecular flexibility index (Phi) is 5.77. The van der Waals surface area contributed by atoms with Crippen LogP contribution in [-0.2, 0) is 0 Å². The Morgan fingerprint density at radius 1 is 1.25 bits per heavy atom. The molecular formula is C14H29NO. The van der Waals surface area contributed by atoms with E-state index in [4.69, 9.17) is 0 Å². The third-order valence-corrected chi connectivity index (χ3v) is 3.62. The lowest BCUT2D eigenvalue weighted by atomic mass is 9.82. The first-order valence-electron chi connectivity index (χ1n) is 6.98. The summed E-state index contributed by atoms with van der Waals surface area (Å²) in [7, 11) is 0. The smallest absolute Gasteiger partial charge is 0.0715 e. The Hall–Kier alpha value is -0.0800. The first-order valence-corrected chi connectivity index (χ1v) is 6.98. The van der Waals surface area contributed by atoms with Crippen LogP contribution in [0.5, 0.6) is 0 Å². The Balaban J connectivity index is 2.39. The van der Waals surface area contributed by atoms with E-state index < -0.39 is 5.60 Å². The van der Waals surface area contributed by atoms with Crippen LogP contribution in [-0.4, -0.2) is 23.3 Å². The van der Waals surface area contributed by atoms with Crippen LogP contribution in [0.1, 0.15) is 65.7 Å². The minimum absolute atomic E-state index is 0.583. The third kappa shape index (κ3) is 5.31. The molecule has 0 bridgehead atoms. The highest BCUT2D eigenvalue weighted by Crippen LogP contribution is 2.28. The molecule has 2 heteroatoms. The molecule has 0 aromatic heterocycles. The van der Waals surface area contributed by atoms with E-state index in [0.29, 0.717) is 12.6 Å². The van der Waals surface area contributed by atoms with E-state index in [1.54, 1.807) is 0 Å². The molecule has 0 heterocycles. The van der Waals surface area contributed by atoms with Gasteiger partial charge in [0.25, 0.3) is 0 Å². The van der Waals surface area contributed by atoms with Gasteiger partial charge in [0.1, 0.15) is 0 Å². The molecule has 1 rings (SSSR count). The molecule has 0 aromatic carbocycles. The molecule has 1 aliphatic carbocycles. The van der Waals surface area contributed by atoms with Crippen molar-refractivity contribution in [3.8, 4) is 0 Å². The van der Waals surface area contributed by atoms with Gasteiger partial charge in [-0.1, -0.05) is 32.6 Å². The molecule has 1 fully saturated rings. The summed E-state index contributed by atoms with van der Waals surface area (Å²) in [5.74, 6) is 0.844. The first kappa shape index (κ1) is 14.0. The average molecular weight is 227 g/mol. The van der Waals surface area contributed by atoms with Gasteiger partial charge in [0.2, 0.25) is 0 Å². The molecule has 2 N–H and O–H groups in total. The monoisotopic (exact) mass is 227 g/mol.